The fourth-order valence-electron chi connectivity index (χ4n) is 2.49. The summed E-state index contributed by atoms with van der Waals surface area (Å²) < 4.78 is 5.56. The van der Waals surface area contributed by atoms with Crippen LogP contribution < -0.4 is 0 Å². The normalized spacial score (nSPS) is 32.1. The average molecular weight is 228 g/mol. The summed E-state index contributed by atoms with van der Waals surface area (Å²) in [4.78, 5) is 0. The van der Waals surface area contributed by atoms with Gasteiger partial charge in [0.25, 0.3) is 0 Å². The highest BCUT2D eigenvalue weighted by Gasteiger charge is 2.37. The molecule has 0 aromatic carbocycles. The molecule has 1 N–H and O–H groups in total. The third-order valence-electron chi connectivity index (χ3n) is 3.83. The van der Waals surface area contributed by atoms with Crippen molar-refractivity contribution in [3.05, 3.63) is 0 Å². The Kier molecular flexibility index (Phi) is 4.42. The van der Waals surface area contributed by atoms with E-state index in [1.807, 2.05) is 13.8 Å². The van der Waals surface area contributed by atoms with Crippen LogP contribution in [-0.4, -0.2) is 23.4 Å². The Balaban J connectivity index is 2.41. The van der Waals surface area contributed by atoms with Crippen LogP contribution in [0.3, 0.4) is 0 Å². The third kappa shape index (κ3) is 4.06. The molecule has 0 bridgehead atoms. The van der Waals surface area contributed by atoms with Crippen LogP contribution in [0.15, 0.2) is 0 Å². The Morgan fingerprint density at radius 3 is 2.12 bits per heavy atom. The first-order valence-corrected chi connectivity index (χ1v) is 6.57. The van der Waals surface area contributed by atoms with Gasteiger partial charge in [0.05, 0.1) is 18.3 Å². The second-order valence-corrected chi connectivity index (χ2v) is 6.72. The molecule has 0 spiro atoms. The van der Waals surface area contributed by atoms with Gasteiger partial charge >= 0.3 is 0 Å². The smallest absolute Gasteiger partial charge is 0.0880 e. The van der Waals surface area contributed by atoms with Gasteiger partial charge in [0.15, 0.2) is 0 Å². The zero-order valence-electron chi connectivity index (χ0n) is 11.5. The molecule has 1 saturated carbocycles. The van der Waals surface area contributed by atoms with Gasteiger partial charge in [0.1, 0.15) is 0 Å². The van der Waals surface area contributed by atoms with E-state index in [4.69, 9.17) is 4.74 Å². The molecule has 0 saturated heterocycles. The van der Waals surface area contributed by atoms with Crippen LogP contribution in [0, 0.1) is 11.3 Å². The second-order valence-electron chi connectivity index (χ2n) is 6.72. The molecule has 0 radical (unpaired) electrons. The van der Waals surface area contributed by atoms with Crippen molar-refractivity contribution >= 4 is 0 Å². The number of aliphatic hydroxyl groups is 1. The number of rotatable bonds is 3. The largest absolute Gasteiger partial charge is 0.387 e. The lowest BCUT2D eigenvalue weighted by molar-refractivity contribution is -0.0963. The molecule has 1 aliphatic rings. The van der Waals surface area contributed by atoms with Crippen LogP contribution in [0.5, 0.6) is 0 Å². The van der Waals surface area contributed by atoms with Gasteiger partial charge in [-0.05, 0) is 50.9 Å². The maximum absolute atomic E-state index is 10.4. The van der Waals surface area contributed by atoms with Crippen molar-refractivity contribution in [1.82, 2.24) is 0 Å². The minimum absolute atomic E-state index is 0.212. The van der Waals surface area contributed by atoms with Crippen molar-refractivity contribution in [2.75, 3.05) is 6.61 Å². The molecule has 1 fully saturated rings. The lowest BCUT2D eigenvalue weighted by atomic mass is 9.68. The van der Waals surface area contributed by atoms with E-state index in [1.165, 1.54) is 0 Å². The average Bonchev–Trinajstić information content (AvgIpc) is 2.14. The zero-order chi connectivity index (χ0) is 12.4. The molecule has 96 valence electrons. The van der Waals surface area contributed by atoms with Crippen molar-refractivity contribution in [2.24, 2.45) is 11.3 Å². The first-order valence-electron chi connectivity index (χ1n) is 6.57. The molecule has 0 amide bonds. The fraction of sp³-hybridized carbons (Fsp3) is 1.00. The Bertz CT molecular complexity index is 207. The summed E-state index contributed by atoms with van der Waals surface area (Å²) in [6.45, 7) is 11.4. The Hall–Kier alpha value is -0.0800. The lowest BCUT2D eigenvalue weighted by Gasteiger charge is -2.41. The van der Waals surface area contributed by atoms with Crippen LogP contribution in [-0.2, 0) is 4.74 Å². The van der Waals surface area contributed by atoms with E-state index in [9.17, 15) is 5.11 Å². The summed E-state index contributed by atoms with van der Waals surface area (Å²) in [5.41, 5.74) is -0.188. The molecular weight excluding hydrogens is 200 g/mol. The van der Waals surface area contributed by atoms with Gasteiger partial charge in [0.2, 0.25) is 0 Å². The van der Waals surface area contributed by atoms with Crippen molar-refractivity contribution in [2.45, 2.75) is 72.0 Å². The molecule has 16 heavy (non-hydrogen) atoms. The van der Waals surface area contributed by atoms with E-state index >= 15 is 0 Å². The fourth-order valence-corrected chi connectivity index (χ4v) is 2.49. The number of hydrogen-bond acceptors (Lipinski definition) is 2. The number of ether oxygens (including phenoxy) is 1. The quantitative estimate of drug-likeness (QED) is 0.802. The van der Waals surface area contributed by atoms with Gasteiger partial charge in [-0.3, -0.25) is 0 Å². The summed E-state index contributed by atoms with van der Waals surface area (Å²) in [6.07, 6.45) is 4.25. The molecule has 0 heterocycles. The van der Waals surface area contributed by atoms with E-state index in [2.05, 4.69) is 20.8 Å². The maximum Gasteiger partial charge on any atom is 0.0880 e. The van der Waals surface area contributed by atoms with Crippen LogP contribution >= 0.6 is 0 Å². The monoisotopic (exact) mass is 228 g/mol. The summed E-state index contributed by atoms with van der Waals surface area (Å²) in [7, 11) is 0. The summed E-state index contributed by atoms with van der Waals surface area (Å²) >= 11 is 0. The lowest BCUT2D eigenvalue weighted by Crippen LogP contribution is -2.41. The summed E-state index contributed by atoms with van der Waals surface area (Å²) in [5, 5.41) is 10.4. The SMILES string of the molecule is CC(C)OCC1(O)CCC(C(C)(C)C)CC1. The Morgan fingerprint density at radius 1 is 1.25 bits per heavy atom. The predicted molar refractivity (Wildman–Crippen MR) is 67.5 cm³/mol. The van der Waals surface area contributed by atoms with Crippen LogP contribution in [0.4, 0.5) is 0 Å². The van der Waals surface area contributed by atoms with Crippen molar-refractivity contribution in [3.63, 3.8) is 0 Å². The first-order chi connectivity index (χ1) is 7.23. The molecule has 0 atom stereocenters. The summed E-state index contributed by atoms with van der Waals surface area (Å²) in [5.74, 6) is 0.742. The van der Waals surface area contributed by atoms with Crippen molar-refractivity contribution < 1.29 is 9.84 Å². The topological polar surface area (TPSA) is 29.5 Å². The van der Waals surface area contributed by atoms with Crippen LogP contribution in [0.2, 0.25) is 0 Å². The highest BCUT2D eigenvalue weighted by atomic mass is 16.5. The molecule has 0 aromatic heterocycles. The van der Waals surface area contributed by atoms with Gasteiger partial charge in [-0.25, -0.2) is 0 Å². The molecule has 1 aliphatic carbocycles. The molecular formula is C14H28O2. The van der Waals surface area contributed by atoms with Crippen LogP contribution in [0.25, 0.3) is 0 Å². The number of hydrogen-bond donors (Lipinski definition) is 1. The molecule has 0 aliphatic heterocycles. The Morgan fingerprint density at radius 2 is 1.75 bits per heavy atom. The highest BCUT2D eigenvalue weighted by molar-refractivity contribution is 4.89. The predicted octanol–water partition coefficient (Wildman–Crippen LogP) is 3.38. The third-order valence-corrected chi connectivity index (χ3v) is 3.83. The molecule has 1 rings (SSSR count). The van der Waals surface area contributed by atoms with E-state index in [0.717, 1.165) is 31.6 Å². The van der Waals surface area contributed by atoms with Gasteiger partial charge in [-0.1, -0.05) is 20.8 Å². The molecule has 2 nitrogen and oxygen atoms in total. The standard InChI is InChI=1S/C14H28O2/c1-11(2)16-10-14(15)8-6-12(7-9-14)13(3,4)5/h11-12,15H,6-10H2,1-5H3. The van der Waals surface area contributed by atoms with E-state index in [1.54, 1.807) is 0 Å². The van der Waals surface area contributed by atoms with Crippen LogP contribution in [0.1, 0.15) is 60.3 Å². The highest BCUT2D eigenvalue weighted by Crippen LogP contribution is 2.41. The van der Waals surface area contributed by atoms with Gasteiger partial charge < -0.3 is 9.84 Å². The van der Waals surface area contributed by atoms with E-state index < -0.39 is 5.60 Å². The minimum Gasteiger partial charge on any atom is -0.387 e. The second kappa shape index (κ2) is 5.05. The van der Waals surface area contributed by atoms with E-state index in [0.29, 0.717) is 12.0 Å². The minimum atomic E-state index is -0.563. The summed E-state index contributed by atoms with van der Waals surface area (Å²) in [6, 6.07) is 0. The maximum atomic E-state index is 10.4. The molecule has 2 heteroatoms. The molecule has 0 unspecified atom stereocenters. The molecule has 0 aromatic rings. The van der Waals surface area contributed by atoms with Gasteiger partial charge in [0, 0.05) is 0 Å². The van der Waals surface area contributed by atoms with E-state index in [-0.39, 0.29) is 6.10 Å². The zero-order valence-corrected chi connectivity index (χ0v) is 11.5. The van der Waals surface area contributed by atoms with Crippen molar-refractivity contribution in [1.29, 1.82) is 0 Å². The van der Waals surface area contributed by atoms with Crippen molar-refractivity contribution in [3.8, 4) is 0 Å². The first kappa shape index (κ1) is 14.0. The van der Waals surface area contributed by atoms with Gasteiger partial charge in [-0.15, -0.1) is 0 Å². The van der Waals surface area contributed by atoms with Gasteiger partial charge in [-0.2, -0.15) is 0 Å². The Labute approximate surface area is 100 Å².